The summed E-state index contributed by atoms with van der Waals surface area (Å²) in [5.74, 6) is -0.791. The van der Waals surface area contributed by atoms with Crippen molar-refractivity contribution in [1.29, 1.82) is 0 Å². The van der Waals surface area contributed by atoms with Crippen molar-refractivity contribution in [2.24, 2.45) is 22.9 Å². The molecular weight excluding hydrogens is 947 g/mol. The highest BCUT2D eigenvalue weighted by Gasteiger charge is 2.65. The van der Waals surface area contributed by atoms with Gasteiger partial charge in [0, 0.05) is 62.3 Å². The summed E-state index contributed by atoms with van der Waals surface area (Å²) >= 11 is 0. The quantitative estimate of drug-likeness (QED) is 0.0233. The minimum atomic E-state index is -1.54. The van der Waals surface area contributed by atoms with Gasteiger partial charge < -0.3 is 38.9 Å². The third kappa shape index (κ3) is 11.1. The second-order valence-electron chi connectivity index (χ2n) is 20.1. The highest BCUT2D eigenvalue weighted by atomic mass is 16.8. The first-order valence-electron chi connectivity index (χ1n) is 26.5. The average molecular weight is 1010 g/mol. The fourth-order valence-corrected chi connectivity index (χ4v) is 11.9. The van der Waals surface area contributed by atoms with Crippen LogP contribution >= 0.6 is 0 Å². The number of allylic oxidation sites excluding steroid dienone is 1. The van der Waals surface area contributed by atoms with Crippen molar-refractivity contribution < 1.29 is 43.7 Å². The fraction of sp³-hybridized carbons (Fsp3) is 0.355. The number of aliphatic hydroxyl groups excluding tert-OH is 2. The molecule has 2 heterocycles. The summed E-state index contributed by atoms with van der Waals surface area (Å²) in [7, 11) is 0. The van der Waals surface area contributed by atoms with Crippen molar-refractivity contribution >= 4 is 44.9 Å². The number of oxime groups is 1. The number of nitro benzene ring substituents is 1. The molecule has 1 amide bonds. The zero-order valence-electron chi connectivity index (χ0n) is 42.2. The number of ether oxygens (including phenoxy) is 4. The van der Waals surface area contributed by atoms with E-state index in [1.54, 1.807) is 24.3 Å². The zero-order valence-corrected chi connectivity index (χ0v) is 42.2. The Morgan fingerprint density at radius 1 is 0.853 bits per heavy atom. The molecule has 0 radical (unpaired) electrons. The fourth-order valence-electron chi connectivity index (χ4n) is 11.9. The van der Waals surface area contributed by atoms with Crippen molar-refractivity contribution in [3.63, 3.8) is 0 Å². The van der Waals surface area contributed by atoms with E-state index < -0.39 is 29.0 Å². The number of hydrogen-bond acceptors (Lipinski definition) is 11. The lowest BCUT2D eigenvalue weighted by atomic mass is 9.55. The van der Waals surface area contributed by atoms with Gasteiger partial charge in [-0.1, -0.05) is 103 Å². The van der Waals surface area contributed by atoms with Gasteiger partial charge in [-0.3, -0.25) is 14.9 Å². The molecule has 13 heteroatoms. The summed E-state index contributed by atoms with van der Waals surface area (Å²) < 4.78 is 27.7. The lowest BCUT2D eigenvalue weighted by molar-refractivity contribution is -0.384. The summed E-state index contributed by atoms with van der Waals surface area (Å²) in [5.41, 5.74) is 3.98. The predicted molar refractivity (Wildman–Crippen MR) is 290 cm³/mol. The molecule has 0 aromatic heterocycles. The van der Waals surface area contributed by atoms with Crippen molar-refractivity contribution in [3.05, 3.63) is 185 Å². The monoisotopic (exact) mass is 1010 g/mol. The molecule has 4 aliphatic rings. The number of hydrogen-bond donors (Lipinski definition) is 2. The van der Waals surface area contributed by atoms with Gasteiger partial charge in [-0.25, -0.2) is 0 Å². The molecular formula is C62H65N3O10. The maximum Gasteiger partial charge on any atom is 0.269 e. The second-order valence-corrected chi connectivity index (χ2v) is 20.1. The van der Waals surface area contributed by atoms with Crippen molar-refractivity contribution in [3.8, 4) is 17.2 Å². The number of rotatable bonds is 21. The van der Waals surface area contributed by atoms with Crippen LogP contribution in [0, 0.1) is 27.9 Å². The summed E-state index contributed by atoms with van der Waals surface area (Å²) in [4.78, 5) is 35.0. The Kier molecular flexibility index (Phi) is 16.1. The molecule has 6 aromatic rings. The van der Waals surface area contributed by atoms with Crippen LogP contribution in [-0.2, 0) is 25.7 Å². The van der Waals surface area contributed by atoms with Gasteiger partial charge in [0.2, 0.25) is 18.0 Å². The van der Waals surface area contributed by atoms with E-state index in [1.165, 1.54) is 18.2 Å². The SMILES string of the molecule is C=CCO[C@@]12Oc3ccc(Oc4ccc5ccccc5c4)cc3[C@H]3[C@H](CCCCO)[C@@H](CCCCO)C=C(C(=NOC4CCCCO4)C[C@@H]1N(Cc1cccc4ccccc14)C(=O)C=Cc1ccc([N+](=O)[O-])cc1)[C@H]32. The minimum Gasteiger partial charge on any atom is -0.459 e. The van der Waals surface area contributed by atoms with Crippen molar-refractivity contribution in [2.45, 2.75) is 94.8 Å². The average Bonchev–Trinajstić information content (AvgIpc) is 3.45. The van der Waals surface area contributed by atoms with Gasteiger partial charge in [-0.05, 0) is 137 Å². The Morgan fingerprint density at radius 2 is 1.60 bits per heavy atom. The minimum absolute atomic E-state index is 0.0129. The molecule has 2 fully saturated rings. The number of carbonyl (C=O) groups excluding carboxylic acids is 1. The molecule has 6 aromatic carbocycles. The molecule has 2 aliphatic heterocycles. The third-order valence-electron chi connectivity index (χ3n) is 15.4. The molecule has 0 bridgehead atoms. The van der Waals surface area contributed by atoms with E-state index in [1.807, 2.05) is 65.6 Å². The molecule has 388 valence electrons. The number of amides is 1. The van der Waals surface area contributed by atoms with E-state index in [-0.39, 0.29) is 62.1 Å². The number of carbonyl (C=O) groups is 1. The lowest BCUT2D eigenvalue weighted by Crippen LogP contribution is -2.70. The van der Waals surface area contributed by atoms with Gasteiger partial charge in [0.15, 0.2) is 0 Å². The molecule has 7 atom stereocenters. The molecule has 1 saturated heterocycles. The third-order valence-corrected chi connectivity index (χ3v) is 15.4. The molecule has 75 heavy (non-hydrogen) atoms. The maximum absolute atomic E-state index is 15.6. The molecule has 1 unspecified atom stereocenters. The molecule has 13 nitrogen and oxygen atoms in total. The Balaban J connectivity index is 1.17. The number of fused-ring (bicyclic) bond motifs is 4. The highest BCUT2D eigenvalue weighted by Crippen LogP contribution is 2.62. The molecule has 10 rings (SSSR count). The smallest absolute Gasteiger partial charge is 0.269 e. The maximum atomic E-state index is 15.6. The summed E-state index contributed by atoms with van der Waals surface area (Å²) in [6, 6.07) is 39.7. The van der Waals surface area contributed by atoms with Crippen LogP contribution in [0.15, 0.2) is 163 Å². The highest BCUT2D eigenvalue weighted by molar-refractivity contribution is 6.03. The second kappa shape index (κ2) is 23.6. The van der Waals surface area contributed by atoms with Gasteiger partial charge in [0.25, 0.3) is 5.69 Å². The van der Waals surface area contributed by atoms with Gasteiger partial charge in [0.1, 0.15) is 23.3 Å². The summed E-state index contributed by atoms with van der Waals surface area (Å²) in [6.45, 7) is 5.08. The normalized spacial score (nSPS) is 23.5. The molecule has 0 spiro atoms. The number of nitro groups is 1. The van der Waals surface area contributed by atoms with E-state index in [2.05, 4.69) is 55.1 Å². The van der Waals surface area contributed by atoms with Gasteiger partial charge in [0.05, 0.1) is 29.8 Å². The first kappa shape index (κ1) is 51.3. The number of unbranched alkanes of at least 4 members (excludes halogenated alkanes) is 2. The van der Waals surface area contributed by atoms with E-state index in [0.29, 0.717) is 54.4 Å². The van der Waals surface area contributed by atoms with E-state index >= 15 is 4.79 Å². The lowest BCUT2D eigenvalue weighted by Gasteiger charge is -2.60. The van der Waals surface area contributed by atoms with Crippen LogP contribution in [0.4, 0.5) is 5.69 Å². The molecule has 2 aliphatic carbocycles. The van der Waals surface area contributed by atoms with Crippen LogP contribution in [0.25, 0.3) is 27.6 Å². The largest absolute Gasteiger partial charge is 0.459 e. The van der Waals surface area contributed by atoms with Crippen molar-refractivity contribution in [2.75, 3.05) is 26.4 Å². The van der Waals surface area contributed by atoms with Crippen LogP contribution in [0.1, 0.15) is 86.8 Å². The van der Waals surface area contributed by atoms with Crippen LogP contribution in [-0.4, -0.2) is 76.2 Å². The van der Waals surface area contributed by atoms with Crippen LogP contribution in [0.5, 0.6) is 17.2 Å². The number of aliphatic hydroxyl groups is 2. The number of benzene rings is 6. The number of non-ortho nitro benzene ring substituents is 1. The van der Waals surface area contributed by atoms with Gasteiger partial charge >= 0.3 is 0 Å². The van der Waals surface area contributed by atoms with Crippen LogP contribution in [0.3, 0.4) is 0 Å². The first-order chi connectivity index (χ1) is 36.8. The Labute approximate surface area is 437 Å². The van der Waals surface area contributed by atoms with Crippen LogP contribution < -0.4 is 9.47 Å². The topological polar surface area (TPSA) is 162 Å². The Bertz CT molecular complexity index is 3090. The van der Waals surface area contributed by atoms with Gasteiger partial charge in [-0.2, -0.15) is 0 Å². The van der Waals surface area contributed by atoms with Crippen molar-refractivity contribution in [1.82, 2.24) is 4.90 Å². The van der Waals surface area contributed by atoms with E-state index in [0.717, 1.165) is 76.8 Å². The van der Waals surface area contributed by atoms with E-state index in [4.69, 9.17) is 28.9 Å². The summed E-state index contributed by atoms with van der Waals surface area (Å²) in [6.07, 6.45) is 13.8. The molecule has 2 N–H and O–H groups in total. The number of nitrogens with zero attached hydrogens (tertiary/aromatic N) is 3. The summed E-state index contributed by atoms with van der Waals surface area (Å²) in [5, 5.41) is 41.1. The van der Waals surface area contributed by atoms with Crippen LogP contribution in [0.2, 0.25) is 0 Å². The first-order valence-corrected chi connectivity index (χ1v) is 26.5. The van der Waals surface area contributed by atoms with Gasteiger partial charge in [-0.15, -0.1) is 6.58 Å². The standard InChI is InChI=1S/C62H65N3O10/c1-2-35-72-62-57(64(41-47-19-13-18-44-15-5-6-20-51(44)47)58(68)32-25-42-23-27-48(28-24-42)65(69)70)40-55(63-75-59-22-9-12-36-71-59)53-38-46(17-7-10-33-66)52(21-8-11-34-67)60(61(53)62)54-39-50(30-31-56(54)74-62)73-49-29-26-43-14-3-4-16-45(43)37-49/h2-6,13-16,18-20,23-32,37-39,46,52,57,59-61,66-67H,1,7-12,17,21-22,33-36,40-41H2/t46-,52+,57-,59?,60+,61+,62+/m0/s1. The Morgan fingerprint density at radius 3 is 2.37 bits per heavy atom. The predicted octanol–water partition coefficient (Wildman–Crippen LogP) is 12.6. The Hall–Kier alpha value is -7.16. The zero-order chi connectivity index (χ0) is 51.7. The van der Waals surface area contributed by atoms with E-state index in [9.17, 15) is 20.3 Å². The molecule has 1 saturated carbocycles.